The van der Waals surface area contributed by atoms with E-state index in [1.165, 1.54) is 29.5 Å². The molecule has 0 aliphatic heterocycles. The van der Waals surface area contributed by atoms with Crippen LogP contribution in [0.3, 0.4) is 0 Å². The summed E-state index contributed by atoms with van der Waals surface area (Å²) in [5, 5.41) is 0. The SMILES string of the molecule is Cc1ccccc1COc1cccc(CN(C)CC=CC#CC2(C)CC2)c1. The molecule has 2 nitrogen and oxygen atoms in total. The molecule has 0 spiro atoms. The highest BCUT2D eigenvalue weighted by molar-refractivity contribution is 5.30. The highest BCUT2D eigenvalue weighted by Crippen LogP contribution is 2.43. The molecule has 27 heavy (non-hydrogen) atoms. The Kier molecular flexibility index (Phi) is 6.37. The average Bonchev–Trinajstić information content (AvgIpc) is 3.38. The standard InChI is InChI=1S/C25H29NO/c1-21-10-5-6-12-23(21)20-27-24-13-9-11-22(18-24)19-26(3)17-8-4-7-14-25(2)15-16-25/h4-6,8-13,18H,15-17,19-20H2,1-3H3. The van der Waals surface area contributed by atoms with E-state index >= 15 is 0 Å². The average molecular weight is 360 g/mol. The van der Waals surface area contributed by atoms with Crippen LogP contribution in [0.5, 0.6) is 5.75 Å². The van der Waals surface area contributed by atoms with E-state index in [0.717, 1.165) is 18.8 Å². The number of rotatable bonds is 7. The van der Waals surface area contributed by atoms with Gasteiger partial charge in [0, 0.05) is 18.5 Å². The highest BCUT2D eigenvalue weighted by Gasteiger charge is 2.34. The van der Waals surface area contributed by atoms with Crippen LogP contribution in [0, 0.1) is 24.2 Å². The second kappa shape index (κ2) is 8.93. The smallest absolute Gasteiger partial charge is 0.120 e. The maximum absolute atomic E-state index is 6.00. The van der Waals surface area contributed by atoms with Crippen molar-refractivity contribution in [2.75, 3.05) is 13.6 Å². The van der Waals surface area contributed by atoms with Crippen LogP contribution >= 0.6 is 0 Å². The van der Waals surface area contributed by atoms with E-state index < -0.39 is 0 Å². The van der Waals surface area contributed by atoms with Crippen molar-refractivity contribution < 1.29 is 4.74 Å². The highest BCUT2D eigenvalue weighted by atomic mass is 16.5. The molecular weight excluding hydrogens is 330 g/mol. The number of allylic oxidation sites excluding steroid dienone is 1. The second-order valence-corrected chi connectivity index (χ2v) is 7.79. The lowest BCUT2D eigenvalue weighted by molar-refractivity contribution is 0.304. The third kappa shape index (κ3) is 6.31. The molecule has 1 aliphatic carbocycles. The van der Waals surface area contributed by atoms with Gasteiger partial charge in [0.1, 0.15) is 12.4 Å². The molecule has 0 heterocycles. The predicted molar refractivity (Wildman–Crippen MR) is 113 cm³/mol. The van der Waals surface area contributed by atoms with Crippen LogP contribution in [0.4, 0.5) is 0 Å². The van der Waals surface area contributed by atoms with E-state index in [2.05, 4.69) is 86.2 Å². The van der Waals surface area contributed by atoms with E-state index in [1.54, 1.807) is 0 Å². The summed E-state index contributed by atoms with van der Waals surface area (Å²) >= 11 is 0. The molecule has 2 aromatic carbocycles. The van der Waals surface area contributed by atoms with Crippen molar-refractivity contribution in [3.05, 3.63) is 77.4 Å². The van der Waals surface area contributed by atoms with Gasteiger partial charge in [0.25, 0.3) is 0 Å². The minimum Gasteiger partial charge on any atom is -0.489 e. The molecule has 1 fully saturated rings. The second-order valence-electron chi connectivity index (χ2n) is 7.79. The van der Waals surface area contributed by atoms with Crippen LogP contribution in [0.1, 0.15) is 36.5 Å². The van der Waals surface area contributed by atoms with Gasteiger partial charge in [-0.05, 0) is 68.6 Å². The maximum atomic E-state index is 6.00. The van der Waals surface area contributed by atoms with Crippen LogP contribution in [0.15, 0.2) is 60.7 Å². The van der Waals surface area contributed by atoms with Crippen molar-refractivity contribution in [1.82, 2.24) is 4.90 Å². The van der Waals surface area contributed by atoms with Gasteiger partial charge in [0.2, 0.25) is 0 Å². The Hall–Kier alpha value is -2.50. The number of benzene rings is 2. The fourth-order valence-electron chi connectivity index (χ4n) is 2.86. The molecule has 0 N–H and O–H groups in total. The molecule has 0 bridgehead atoms. The first-order valence-corrected chi connectivity index (χ1v) is 9.67. The van der Waals surface area contributed by atoms with Crippen molar-refractivity contribution in [2.24, 2.45) is 5.41 Å². The number of nitrogens with zero attached hydrogens (tertiary/aromatic N) is 1. The molecular formula is C25H29NO. The zero-order chi connectivity index (χ0) is 19.1. The Morgan fingerprint density at radius 2 is 1.96 bits per heavy atom. The number of likely N-dealkylation sites (N-methyl/N-ethyl adjacent to an activating group) is 1. The van der Waals surface area contributed by atoms with Crippen molar-refractivity contribution in [1.29, 1.82) is 0 Å². The zero-order valence-corrected chi connectivity index (χ0v) is 16.7. The largest absolute Gasteiger partial charge is 0.489 e. The van der Waals surface area contributed by atoms with Gasteiger partial charge in [0.15, 0.2) is 0 Å². The van der Waals surface area contributed by atoms with E-state index in [0.29, 0.717) is 12.0 Å². The summed E-state index contributed by atoms with van der Waals surface area (Å²) < 4.78 is 6.00. The lowest BCUT2D eigenvalue weighted by Gasteiger charge is -2.15. The van der Waals surface area contributed by atoms with E-state index in [9.17, 15) is 0 Å². The molecule has 0 aromatic heterocycles. The number of hydrogen-bond acceptors (Lipinski definition) is 2. The number of ether oxygens (including phenoxy) is 1. The van der Waals surface area contributed by atoms with Crippen LogP contribution in [-0.2, 0) is 13.2 Å². The normalized spacial score (nSPS) is 14.8. The van der Waals surface area contributed by atoms with Gasteiger partial charge in [0.05, 0.1) is 0 Å². The molecule has 1 saturated carbocycles. The van der Waals surface area contributed by atoms with Crippen molar-refractivity contribution in [2.45, 2.75) is 39.8 Å². The Morgan fingerprint density at radius 3 is 2.74 bits per heavy atom. The fourth-order valence-corrected chi connectivity index (χ4v) is 2.86. The quantitative estimate of drug-likeness (QED) is 0.617. The van der Waals surface area contributed by atoms with E-state index in [1.807, 2.05) is 12.1 Å². The topological polar surface area (TPSA) is 12.5 Å². The third-order valence-corrected chi connectivity index (χ3v) is 5.00. The lowest BCUT2D eigenvalue weighted by Crippen LogP contribution is -2.17. The van der Waals surface area contributed by atoms with Gasteiger partial charge in [-0.25, -0.2) is 0 Å². The molecule has 0 saturated heterocycles. The molecule has 0 amide bonds. The first kappa shape index (κ1) is 19.3. The lowest BCUT2D eigenvalue weighted by atomic mass is 10.1. The molecule has 0 atom stereocenters. The third-order valence-electron chi connectivity index (χ3n) is 5.00. The minimum atomic E-state index is 0.301. The van der Waals surface area contributed by atoms with Gasteiger partial charge in [-0.3, -0.25) is 4.90 Å². The molecule has 2 heteroatoms. The summed E-state index contributed by atoms with van der Waals surface area (Å²) in [7, 11) is 2.13. The van der Waals surface area contributed by atoms with E-state index in [4.69, 9.17) is 4.74 Å². The van der Waals surface area contributed by atoms with E-state index in [-0.39, 0.29) is 0 Å². The summed E-state index contributed by atoms with van der Waals surface area (Å²) in [4.78, 5) is 2.28. The van der Waals surface area contributed by atoms with Gasteiger partial charge in [-0.2, -0.15) is 0 Å². The predicted octanol–water partition coefficient (Wildman–Crippen LogP) is 5.37. The molecule has 140 valence electrons. The Morgan fingerprint density at radius 1 is 1.15 bits per heavy atom. The van der Waals surface area contributed by atoms with Crippen LogP contribution in [-0.4, -0.2) is 18.5 Å². The monoisotopic (exact) mass is 359 g/mol. The Bertz CT molecular complexity index is 852. The molecule has 0 unspecified atom stereocenters. The summed E-state index contributed by atoms with van der Waals surface area (Å²) in [6.45, 7) is 6.73. The molecule has 0 radical (unpaired) electrons. The summed E-state index contributed by atoms with van der Waals surface area (Å²) in [5.74, 6) is 7.42. The van der Waals surface area contributed by atoms with Gasteiger partial charge >= 0.3 is 0 Å². The Balaban J connectivity index is 1.48. The van der Waals surface area contributed by atoms with Crippen LogP contribution in [0.2, 0.25) is 0 Å². The van der Waals surface area contributed by atoms with Crippen LogP contribution < -0.4 is 4.74 Å². The summed E-state index contributed by atoms with van der Waals surface area (Å²) in [6.07, 6.45) is 6.62. The minimum absolute atomic E-state index is 0.301. The number of aryl methyl sites for hydroxylation is 1. The van der Waals surface area contributed by atoms with Gasteiger partial charge in [-0.1, -0.05) is 54.3 Å². The summed E-state index contributed by atoms with van der Waals surface area (Å²) in [6, 6.07) is 16.7. The first-order chi connectivity index (χ1) is 13.0. The van der Waals surface area contributed by atoms with Crippen molar-refractivity contribution in [3.63, 3.8) is 0 Å². The number of hydrogen-bond donors (Lipinski definition) is 0. The van der Waals surface area contributed by atoms with Crippen molar-refractivity contribution >= 4 is 0 Å². The zero-order valence-electron chi connectivity index (χ0n) is 16.7. The van der Waals surface area contributed by atoms with Gasteiger partial charge < -0.3 is 4.74 Å². The maximum Gasteiger partial charge on any atom is 0.120 e. The van der Waals surface area contributed by atoms with Crippen LogP contribution in [0.25, 0.3) is 0 Å². The molecule has 2 aromatic rings. The summed E-state index contributed by atoms with van der Waals surface area (Å²) in [5.41, 5.74) is 4.05. The molecule has 3 rings (SSSR count). The Labute approximate surface area is 163 Å². The molecule has 1 aliphatic rings. The fraction of sp³-hybridized carbons (Fsp3) is 0.360. The first-order valence-electron chi connectivity index (χ1n) is 9.67. The van der Waals surface area contributed by atoms with Gasteiger partial charge in [-0.15, -0.1) is 0 Å². The van der Waals surface area contributed by atoms with Crippen molar-refractivity contribution in [3.8, 4) is 17.6 Å².